The first-order valence-corrected chi connectivity index (χ1v) is 6.55. The molecule has 1 aromatic carbocycles. The summed E-state index contributed by atoms with van der Waals surface area (Å²) in [4.78, 5) is 22.4. The fourth-order valence-electron chi connectivity index (χ4n) is 1.95. The fourth-order valence-corrected chi connectivity index (χ4v) is 3.18. The van der Waals surface area contributed by atoms with Crippen LogP contribution in [-0.2, 0) is 0 Å². The summed E-state index contributed by atoms with van der Waals surface area (Å²) in [6.45, 7) is 1.82. The molecule has 0 amide bonds. The largest absolute Gasteiger partial charge is 0.293 e. The first-order valence-electron chi connectivity index (χ1n) is 5.50. The molecule has 1 heterocycles. The highest BCUT2D eigenvalue weighted by molar-refractivity contribution is 8.00. The van der Waals surface area contributed by atoms with Crippen LogP contribution < -0.4 is 0 Å². The molecule has 1 unspecified atom stereocenters. The van der Waals surface area contributed by atoms with Gasteiger partial charge in [0.15, 0.2) is 5.78 Å². The van der Waals surface area contributed by atoms with Gasteiger partial charge in [0.25, 0.3) is 5.69 Å². The number of nitro benzene ring substituents is 1. The lowest BCUT2D eigenvalue weighted by Gasteiger charge is -2.09. The number of rotatable bonds is 3. The molecule has 2 rings (SSSR count). The summed E-state index contributed by atoms with van der Waals surface area (Å²) < 4.78 is 0. The first-order chi connectivity index (χ1) is 8.09. The van der Waals surface area contributed by atoms with Crippen molar-refractivity contribution in [2.75, 3.05) is 5.75 Å². The summed E-state index contributed by atoms with van der Waals surface area (Å²) in [6.07, 6.45) is 1.93. The van der Waals surface area contributed by atoms with Crippen LogP contribution in [0.15, 0.2) is 18.2 Å². The molecular weight excluding hydrogens is 238 g/mol. The van der Waals surface area contributed by atoms with Gasteiger partial charge in [-0.25, -0.2) is 0 Å². The molecule has 1 atom stereocenters. The van der Waals surface area contributed by atoms with Crippen molar-refractivity contribution in [1.29, 1.82) is 0 Å². The van der Waals surface area contributed by atoms with Gasteiger partial charge in [0.05, 0.1) is 10.2 Å². The highest BCUT2D eigenvalue weighted by Crippen LogP contribution is 2.30. The molecule has 5 heteroatoms. The van der Waals surface area contributed by atoms with Gasteiger partial charge < -0.3 is 0 Å². The van der Waals surface area contributed by atoms with Crippen molar-refractivity contribution >= 4 is 23.2 Å². The van der Waals surface area contributed by atoms with Gasteiger partial charge in [-0.3, -0.25) is 14.9 Å². The molecular formula is C12H13NO3S. The number of carbonyl (C=O) groups is 1. The number of non-ortho nitro benzene ring substituents is 1. The van der Waals surface area contributed by atoms with E-state index in [-0.39, 0.29) is 16.7 Å². The fraction of sp³-hybridized carbons (Fsp3) is 0.417. The lowest BCUT2D eigenvalue weighted by atomic mass is 10.00. The Labute approximate surface area is 104 Å². The van der Waals surface area contributed by atoms with Crippen LogP contribution >= 0.6 is 11.8 Å². The van der Waals surface area contributed by atoms with Gasteiger partial charge in [-0.1, -0.05) is 6.07 Å². The van der Waals surface area contributed by atoms with Crippen LogP contribution in [0.25, 0.3) is 0 Å². The number of aryl methyl sites for hydroxylation is 1. The van der Waals surface area contributed by atoms with Crippen LogP contribution in [-0.4, -0.2) is 21.7 Å². The Morgan fingerprint density at radius 3 is 2.88 bits per heavy atom. The average Bonchev–Trinajstić information content (AvgIpc) is 2.81. The standard InChI is InChI=1S/C12H13NO3S/c1-8-4-5-9(13(15)16)7-10(8)12(14)11-3-2-6-17-11/h4-5,7,11H,2-3,6H2,1H3. The van der Waals surface area contributed by atoms with Gasteiger partial charge in [-0.2, -0.15) is 11.8 Å². The second-order valence-electron chi connectivity index (χ2n) is 4.12. The Balaban J connectivity index is 2.32. The van der Waals surface area contributed by atoms with E-state index >= 15 is 0 Å². The zero-order valence-electron chi connectivity index (χ0n) is 9.51. The van der Waals surface area contributed by atoms with Crippen molar-refractivity contribution in [3.8, 4) is 0 Å². The highest BCUT2D eigenvalue weighted by Gasteiger charge is 2.26. The summed E-state index contributed by atoms with van der Waals surface area (Å²) in [7, 11) is 0. The quantitative estimate of drug-likeness (QED) is 0.470. The van der Waals surface area contributed by atoms with E-state index in [0.29, 0.717) is 5.56 Å². The first kappa shape index (κ1) is 12.1. The maximum absolute atomic E-state index is 12.2. The third-order valence-corrected chi connectivity index (χ3v) is 4.30. The van der Waals surface area contributed by atoms with Gasteiger partial charge in [0.2, 0.25) is 0 Å². The molecule has 90 valence electrons. The number of nitro groups is 1. The monoisotopic (exact) mass is 251 g/mol. The van der Waals surface area contributed by atoms with E-state index in [4.69, 9.17) is 0 Å². The Morgan fingerprint density at radius 1 is 1.53 bits per heavy atom. The molecule has 1 saturated heterocycles. The summed E-state index contributed by atoms with van der Waals surface area (Å²) in [5, 5.41) is 10.7. The van der Waals surface area contributed by atoms with Crippen molar-refractivity contribution in [1.82, 2.24) is 0 Å². The lowest BCUT2D eigenvalue weighted by molar-refractivity contribution is -0.384. The number of nitrogens with zero attached hydrogens (tertiary/aromatic N) is 1. The van der Waals surface area contributed by atoms with E-state index in [1.807, 2.05) is 6.92 Å². The maximum Gasteiger partial charge on any atom is 0.270 e. The minimum atomic E-state index is -0.460. The van der Waals surface area contributed by atoms with Crippen molar-refractivity contribution in [2.45, 2.75) is 25.0 Å². The van der Waals surface area contributed by atoms with Gasteiger partial charge in [0, 0.05) is 17.7 Å². The highest BCUT2D eigenvalue weighted by atomic mass is 32.2. The lowest BCUT2D eigenvalue weighted by Crippen LogP contribution is -2.15. The molecule has 4 nitrogen and oxygen atoms in total. The van der Waals surface area contributed by atoms with Crippen LogP contribution in [0.3, 0.4) is 0 Å². The second kappa shape index (κ2) is 4.87. The zero-order chi connectivity index (χ0) is 12.4. The molecule has 17 heavy (non-hydrogen) atoms. The van der Waals surface area contributed by atoms with Crippen LogP contribution in [0.2, 0.25) is 0 Å². The van der Waals surface area contributed by atoms with E-state index in [1.54, 1.807) is 17.8 Å². The third kappa shape index (κ3) is 2.49. The number of ketones is 1. The molecule has 0 saturated carbocycles. The Hall–Kier alpha value is -1.36. The Morgan fingerprint density at radius 2 is 2.29 bits per heavy atom. The molecule has 1 aromatic rings. The topological polar surface area (TPSA) is 60.2 Å². The Bertz CT molecular complexity index is 467. The Kier molecular flexibility index (Phi) is 3.47. The van der Waals surface area contributed by atoms with E-state index < -0.39 is 4.92 Å². The molecule has 0 aliphatic carbocycles. The van der Waals surface area contributed by atoms with E-state index in [2.05, 4.69) is 0 Å². The molecule has 0 N–H and O–H groups in total. The minimum Gasteiger partial charge on any atom is -0.293 e. The predicted molar refractivity (Wildman–Crippen MR) is 67.6 cm³/mol. The van der Waals surface area contributed by atoms with E-state index in [1.165, 1.54) is 12.1 Å². The molecule has 0 radical (unpaired) electrons. The van der Waals surface area contributed by atoms with Crippen molar-refractivity contribution in [3.05, 3.63) is 39.4 Å². The van der Waals surface area contributed by atoms with Crippen molar-refractivity contribution < 1.29 is 9.72 Å². The molecule has 0 aromatic heterocycles. The van der Waals surface area contributed by atoms with E-state index in [0.717, 1.165) is 24.2 Å². The van der Waals surface area contributed by atoms with Crippen LogP contribution in [0.5, 0.6) is 0 Å². The maximum atomic E-state index is 12.2. The molecule has 1 fully saturated rings. The number of Topliss-reactive ketones (excluding diaryl/α,β-unsaturated/α-hetero) is 1. The van der Waals surface area contributed by atoms with Crippen LogP contribution in [0.4, 0.5) is 5.69 Å². The van der Waals surface area contributed by atoms with Crippen LogP contribution in [0.1, 0.15) is 28.8 Å². The molecule has 1 aliphatic heterocycles. The van der Waals surface area contributed by atoms with Crippen LogP contribution in [0, 0.1) is 17.0 Å². The number of thioether (sulfide) groups is 1. The molecule has 1 aliphatic rings. The SMILES string of the molecule is Cc1ccc([N+](=O)[O-])cc1C(=O)C1CCCS1. The summed E-state index contributed by atoms with van der Waals surface area (Å²) in [5.41, 5.74) is 1.30. The second-order valence-corrected chi connectivity index (χ2v) is 5.43. The minimum absolute atomic E-state index is 0.0121. The van der Waals surface area contributed by atoms with Gasteiger partial charge in [-0.15, -0.1) is 0 Å². The normalized spacial score (nSPS) is 19.2. The van der Waals surface area contributed by atoms with Gasteiger partial charge in [0.1, 0.15) is 0 Å². The molecule has 0 spiro atoms. The zero-order valence-corrected chi connectivity index (χ0v) is 10.3. The van der Waals surface area contributed by atoms with Crippen molar-refractivity contribution in [3.63, 3.8) is 0 Å². The molecule has 0 bridgehead atoms. The van der Waals surface area contributed by atoms with Gasteiger partial charge >= 0.3 is 0 Å². The summed E-state index contributed by atoms with van der Waals surface area (Å²) in [6, 6.07) is 4.48. The average molecular weight is 251 g/mol. The predicted octanol–water partition coefficient (Wildman–Crippen LogP) is 2.98. The number of benzene rings is 1. The number of carbonyl (C=O) groups excluding carboxylic acids is 1. The van der Waals surface area contributed by atoms with Crippen molar-refractivity contribution in [2.24, 2.45) is 0 Å². The van der Waals surface area contributed by atoms with E-state index in [9.17, 15) is 14.9 Å². The smallest absolute Gasteiger partial charge is 0.270 e. The van der Waals surface area contributed by atoms with Gasteiger partial charge in [-0.05, 0) is 31.1 Å². The number of hydrogen-bond donors (Lipinski definition) is 0. The summed E-state index contributed by atoms with van der Waals surface area (Å²) >= 11 is 1.65. The number of hydrogen-bond acceptors (Lipinski definition) is 4. The third-order valence-electron chi connectivity index (χ3n) is 2.92. The summed E-state index contributed by atoms with van der Waals surface area (Å²) in [5.74, 6) is 1.04.